The first-order valence-electron chi connectivity index (χ1n) is 9.36. The number of hydrogen-bond donors (Lipinski definition) is 1. The first-order chi connectivity index (χ1) is 12.7. The van der Waals surface area contributed by atoms with Gasteiger partial charge in [-0.15, -0.1) is 0 Å². The molecule has 26 heavy (non-hydrogen) atoms. The van der Waals surface area contributed by atoms with Crippen LogP contribution in [-0.4, -0.2) is 17.7 Å². The van der Waals surface area contributed by atoms with E-state index in [1.54, 1.807) is 12.1 Å². The fourth-order valence-corrected chi connectivity index (χ4v) is 3.13. The smallest absolute Gasteiger partial charge is 0.271 e. The Labute approximate surface area is 155 Å². The van der Waals surface area contributed by atoms with Crippen LogP contribution in [0, 0.1) is 0 Å². The number of ether oxygens (including phenoxy) is 1. The summed E-state index contributed by atoms with van der Waals surface area (Å²) in [6.07, 6.45) is 6.05. The van der Waals surface area contributed by atoms with Crippen LogP contribution >= 0.6 is 0 Å². The molecule has 1 N–H and O–H groups in total. The predicted octanol–water partition coefficient (Wildman–Crippen LogP) is 4.72. The van der Waals surface area contributed by atoms with Crippen LogP contribution < -0.4 is 10.2 Å². The molecule has 1 fully saturated rings. The maximum atomic E-state index is 12.3. The van der Waals surface area contributed by atoms with Crippen LogP contribution in [0.2, 0.25) is 0 Å². The molecule has 2 aromatic rings. The predicted molar refractivity (Wildman–Crippen MR) is 105 cm³/mol. The number of carbonyl (C=O) groups is 1. The number of hydrogen-bond acceptors (Lipinski definition) is 3. The van der Waals surface area contributed by atoms with Gasteiger partial charge in [0.1, 0.15) is 5.75 Å². The van der Waals surface area contributed by atoms with Crippen molar-refractivity contribution in [3.8, 4) is 5.75 Å². The zero-order chi connectivity index (χ0) is 18.4. The second-order valence-corrected chi connectivity index (χ2v) is 6.74. The molecule has 0 aromatic heterocycles. The average molecular weight is 350 g/mol. The SMILES string of the molecule is CCc1ccc(/C(C)=N/NC(=O)c2ccc(OC3CCCC3)cc2)cc1. The van der Waals surface area contributed by atoms with E-state index in [9.17, 15) is 4.79 Å². The van der Waals surface area contributed by atoms with Gasteiger partial charge in [-0.2, -0.15) is 5.10 Å². The van der Waals surface area contributed by atoms with Gasteiger partial charge in [-0.3, -0.25) is 4.79 Å². The molecule has 0 radical (unpaired) electrons. The van der Waals surface area contributed by atoms with Crippen LogP contribution in [0.4, 0.5) is 0 Å². The normalized spacial score (nSPS) is 15.1. The Hall–Kier alpha value is -2.62. The molecule has 3 rings (SSSR count). The maximum Gasteiger partial charge on any atom is 0.271 e. The van der Waals surface area contributed by atoms with Gasteiger partial charge in [-0.05, 0) is 74.4 Å². The number of rotatable bonds is 6. The lowest BCUT2D eigenvalue weighted by atomic mass is 10.1. The van der Waals surface area contributed by atoms with Crippen molar-refractivity contribution in [3.05, 3.63) is 65.2 Å². The Kier molecular flexibility index (Phi) is 6.05. The van der Waals surface area contributed by atoms with Crippen LogP contribution in [0.3, 0.4) is 0 Å². The van der Waals surface area contributed by atoms with E-state index in [4.69, 9.17) is 4.74 Å². The summed E-state index contributed by atoms with van der Waals surface area (Å²) in [5.74, 6) is 0.603. The van der Waals surface area contributed by atoms with Crippen molar-refractivity contribution in [2.45, 2.75) is 52.1 Å². The molecule has 2 aromatic carbocycles. The highest BCUT2D eigenvalue weighted by molar-refractivity contribution is 6.00. The number of aryl methyl sites for hydroxylation is 1. The average Bonchev–Trinajstić information content (AvgIpc) is 3.19. The first kappa shape index (κ1) is 18.2. The summed E-state index contributed by atoms with van der Waals surface area (Å²) in [7, 11) is 0. The number of amides is 1. The highest BCUT2D eigenvalue weighted by Crippen LogP contribution is 2.24. The van der Waals surface area contributed by atoms with Gasteiger partial charge < -0.3 is 4.74 Å². The lowest BCUT2D eigenvalue weighted by Gasteiger charge is -2.13. The van der Waals surface area contributed by atoms with Gasteiger partial charge in [0.2, 0.25) is 0 Å². The van der Waals surface area contributed by atoms with Crippen molar-refractivity contribution in [2.75, 3.05) is 0 Å². The number of benzene rings is 2. The molecule has 0 atom stereocenters. The van der Waals surface area contributed by atoms with Gasteiger partial charge in [0.05, 0.1) is 11.8 Å². The number of hydrazone groups is 1. The molecule has 0 aliphatic heterocycles. The van der Waals surface area contributed by atoms with Gasteiger partial charge >= 0.3 is 0 Å². The van der Waals surface area contributed by atoms with Crippen molar-refractivity contribution in [1.29, 1.82) is 0 Å². The van der Waals surface area contributed by atoms with Crippen molar-refractivity contribution in [3.63, 3.8) is 0 Å². The Morgan fingerprint density at radius 3 is 2.27 bits per heavy atom. The lowest BCUT2D eigenvalue weighted by molar-refractivity contribution is 0.0955. The second-order valence-electron chi connectivity index (χ2n) is 6.74. The van der Waals surface area contributed by atoms with Crippen LogP contribution in [0.5, 0.6) is 5.75 Å². The van der Waals surface area contributed by atoms with Crippen molar-refractivity contribution in [2.24, 2.45) is 5.10 Å². The third-order valence-electron chi connectivity index (χ3n) is 4.83. The van der Waals surface area contributed by atoms with Crippen LogP contribution in [-0.2, 0) is 6.42 Å². The summed E-state index contributed by atoms with van der Waals surface area (Å²) < 4.78 is 5.93. The lowest BCUT2D eigenvalue weighted by Crippen LogP contribution is -2.19. The molecular weight excluding hydrogens is 324 g/mol. The quantitative estimate of drug-likeness (QED) is 0.605. The van der Waals surface area contributed by atoms with Crippen LogP contribution in [0.1, 0.15) is 61.0 Å². The van der Waals surface area contributed by atoms with E-state index >= 15 is 0 Å². The summed E-state index contributed by atoms with van der Waals surface area (Å²) in [5, 5.41) is 4.22. The fourth-order valence-electron chi connectivity index (χ4n) is 3.13. The van der Waals surface area contributed by atoms with Gasteiger partial charge in [0.25, 0.3) is 5.91 Å². The fraction of sp³-hybridized carbons (Fsp3) is 0.364. The summed E-state index contributed by atoms with van der Waals surface area (Å²) >= 11 is 0. The largest absolute Gasteiger partial charge is 0.490 e. The minimum atomic E-state index is -0.220. The Bertz CT molecular complexity index is 758. The second kappa shape index (κ2) is 8.65. The molecule has 1 aliphatic rings. The highest BCUT2D eigenvalue weighted by Gasteiger charge is 2.16. The van der Waals surface area contributed by atoms with E-state index in [2.05, 4.69) is 29.6 Å². The molecule has 4 nitrogen and oxygen atoms in total. The minimum Gasteiger partial charge on any atom is -0.490 e. The van der Waals surface area contributed by atoms with Gasteiger partial charge in [0, 0.05) is 5.56 Å². The van der Waals surface area contributed by atoms with E-state index in [1.807, 2.05) is 31.2 Å². The topological polar surface area (TPSA) is 50.7 Å². The Morgan fingerprint density at radius 2 is 1.65 bits per heavy atom. The number of carbonyl (C=O) groups excluding carboxylic acids is 1. The van der Waals surface area contributed by atoms with E-state index in [1.165, 1.54) is 18.4 Å². The number of nitrogens with zero attached hydrogens (tertiary/aromatic N) is 1. The molecule has 136 valence electrons. The summed E-state index contributed by atoms with van der Waals surface area (Å²) in [6, 6.07) is 15.5. The molecule has 0 spiro atoms. The van der Waals surface area contributed by atoms with Crippen LogP contribution in [0.15, 0.2) is 53.6 Å². The van der Waals surface area contributed by atoms with Crippen molar-refractivity contribution in [1.82, 2.24) is 5.43 Å². The minimum absolute atomic E-state index is 0.220. The van der Waals surface area contributed by atoms with E-state index in [0.29, 0.717) is 11.7 Å². The molecule has 0 heterocycles. The molecule has 0 bridgehead atoms. The van der Waals surface area contributed by atoms with Gasteiger partial charge in [0.15, 0.2) is 0 Å². The number of nitrogens with one attached hydrogen (secondary N) is 1. The van der Waals surface area contributed by atoms with E-state index < -0.39 is 0 Å². The zero-order valence-electron chi connectivity index (χ0n) is 15.5. The van der Waals surface area contributed by atoms with E-state index in [0.717, 1.165) is 36.3 Å². The standard InChI is InChI=1S/C22H26N2O2/c1-3-17-8-10-18(11-9-17)16(2)23-24-22(25)19-12-14-21(15-13-19)26-20-6-4-5-7-20/h8-15,20H,3-7H2,1-2H3,(H,24,25)/b23-16+. The first-order valence-corrected chi connectivity index (χ1v) is 9.36. The molecule has 1 aliphatic carbocycles. The summed E-state index contributed by atoms with van der Waals surface area (Å²) in [6.45, 7) is 4.01. The zero-order valence-corrected chi connectivity index (χ0v) is 15.5. The third-order valence-corrected chi connectivity index (χ3v) is 4.83. The van der Waals surface area contributed by atoms with Gasteiger partial charge in [-0.1, -0.05) is 31.2 Å². The highest BCUT2D eigenvalue weighted by atomic mass is 16.5. The summed E-state index contributed by atoms with van der Waals surface area (Å²) in [5.41, 5.74) is 6.26. The van der Waals surface area contributed by atoms with E-state index in [-0.39, 0.29) is 5.91 Å². The Morgan fingerprint density at radius 1 is 1.04 bits per heavy atom. The maximum absolute atomic E-state index is 12.3. The van der Waals surface area contributed by atoms with Crippen molar-refractivity contribution < 1.29 is 9.53 Å². The molecule has 0 saturated heterocycles. The van der Waals surface area contributed by atoms with Crippen LogP contribution in [0.25, 0.3) is 0 Å². The van der Waals surface area contributed by atoms with Crippen molar-refractivity contribution >= 4 is 11.6 Å². The Balaban J connectivity index is 1.58. The third kappa shape index (κ3) is 4.72. The molecule has 1 saturated carbocycles. The molecule has 0 unspecified atom stereocenters. The monoisotopic (exact) mass is 350 g/mol. The molecule has 1 amide bonds. The molecule has 4 heteroatoms. The summed E-state index contributed by atoms with van der Waals surface area (Å²) in [4.78, 5) is 12.3. The van der Waals surface area contributed by atoms with Gasteiger partial charge in [-0.25, -0.2) is 5.43 Å². The molecular formula is C22H26N2O2.